The van der Waals surface area contributed by atoms with Gasteiger partial charge in [-0.3, -0.25) is 15.6 Å². The van der Waals surface area contributed by atoms with Crippen LogP contribution in [0.5, 0.6) is 0 Å². The fourth-order valence-electron chi connectivity index (χ4n) is 2.74. The number of nitrogen functional groups attached to an aromatic ring is 1. The fourth-order valence-corrected chi connectivity index (χ4v) is 2.74. The van der Waals surface area contributed by atoms with E-state index in [1.54, 1.807) is 18.3 Å². The van der Waals surface area contributed by atoms with Gasteiger partial charge in [-0.15, -0.1) is 0 Å². The summed E-state index contributed by atoms with van der Waals surface area (Å²) in [5.74, 6) is 6.82. The number of hydrogen-bond acceptors (Lipinski definition) is 4. The Morgan fingerprint density at radius 2 is 2.15 bits per heavy atom. The predicted octanol–water partition coefficient (Wildman–Crippen LogP) is 2.31. The minimum absolute atomic E-state index is 0.133. The highest BCUT2D eigenvalue weighted by molar-refractivity contribution is 5.93. The molecule has 1 aromatic rings. The molecule has 1 heterocycles. The molecular formula is C15H24N4O. The van der Waals surface area contributed by atoms with Gasteiger partial charge in [-0.25, -0.2) is 0 Å². The van der Waals surface area contributed by atoms with Crippen LogP contribution in [0.3, 0.4) is 0 Å². The molecule has 0 aromatic carbocycles. The number of carbonyl (C=O) groups is 1. The van der Waals surface area contributed by atoms with Crippen molar-refractivity contribution >= 4 is 11.6 Å². The Kier molecular flexibility index (Phi) is 5.35. The highest BCUT2D eigenvalue weighted by Crippen LogP contribution is 2.29. The van der Waals surface area contributed by atoms with Crippen LogP contribution in [-0.2, 0) is 0 Å². The Labute approximate surface area is 120 Å². The minimum Gasteiger partial charge on any atom is -0.351 e. The van der Waals surface area contributed by atoms with Crippen LogP contribution < -0.4 is 16.6 Å². The van der Waals surface area contributed by atoms with E-state index in [9.17, 15) is 4.79 Å². The highest BCUT2D eigenvalue weighted by Gasteiger charge is 2.18. The molecule has 0 saturated heterocycles. The van der Waals surface area contributed by atoms with Crippen molar-refractivity contribution in [2.75, 3.05) is 12.0 Å². The fraction of sp³-hybridized carbons (Fsp3) is 0.600. The van der Waals surface area contributed by atoms with Crippen LogP contribution in [0.4, 0.5) is 5.69 Å². The number of nitrogens with zero attached hydrogens (tertiary/aromatic N) is 1. The van der Waals surface area contributed by atoms with Crippen molar-refractivity contribution in [1.29, 1.82) is 0 Å². The summed E-state index contributed by atoms with van der Waals surface area (Å²) in [6.45, 7) is 3.04. The van der Waals surface area contributed by atoms with Gasteiger partial charge in [0.2, 0.25) is 0 Å². The molecule has 0 unspecified atom stereocenters. The molecule has 1 aliphatic carbocycles. The maximum atomic E-state index is 12.0. The van der Waals surface area contributed by atoms with Gasteiger partial charge < -0.3 is 10.7 Å². The molecule has 1 amide bonds. The van der Waals surface area contributed by atoms with E-state index in [-0.39, 0.29) is 5.91 Å². The molecule has 0 spiro atoms. The molecule has 0 bridgehead atoms. The standard InChI is InChI=1S/C15H24N4O/c1-11-2-4-12(5-3-11)6-8-18-15(20)14-10-13(19-16)7-9-17-14/h7,9-12H,2-6,8,16H2,1H3,(H,17,19)(H,18,20). The zero-order valence-corrected chi connectivity index (χ0v) is 12.1. The van der Waals surface area contributed by atoms with Gasteiger partial charge in [-0.2, -0.15) is 0 Å². The highest BCUT2D eigenvalue weighted by atomic mass is 16.1. The van der Waals surface area contributed by atoms with Crippen LogP contribution in [0, 0.1) is 11.8 Å². The summed E-state index contributed by atoms with van der Waals surface area (Å²) < 4.78 is 0. The third-order valence-electron chi connectivity index (χ3n) is 4.13. The molecular weight excluding hydrogens is 252 g/mol. The van der Waals surface area contributed by atoms with Gasteiger partial charge in [0.15, 0.2) is 0 Å². The minimum atomic E-state index is -0.133. The van der Waals surface area contributed by atoms with Crippen molar-refractivity contribution < 1.29 is 4.79 Å². The second kappa shape index (κ2) is 7.24. The third-order valence-corrected chi connectivity index (χ3v) is 4.13. The van der Waals surface area contributed by atoms with E-state index in [2.05, 4.69) is 22.7 Å². The number of hydrogen-bond donors (Lipinski definition) is 3. The first-order chi connectivity index (χ1) is 9.69. The van der Waals surface area contributed by atoms with Crippen LogP contribution in [0.1, 0.15) is 49.5 Å². The topological polar surface area (TPSA) is 80.0 Å². The van der Waals surface area contributed by atoms with Gasteiger partial charge in [-0.05, 0) is 30.4 Å². The van der Waals surface area contributed by atoms with E-state index in [4.69, 9.17) is 5.84 Å². The van der Waals surface area contributed by atoms with Crippen LogP contribution in [0.15, 0.2) is 18.3 Å². The average molecular weight is 276 g/mol. The number of pyridine rings is 1. The van der Waals surface area contributed by atoms with E-state index in [1.165, 1.54) is 25.7 Å². The molecule has 20 heavy (non-hydrogen) atoms. The van der Waals surface area contributed by atoms with Crippen LogP contribution in [0.25, 0.3) is 0 Å². The summed E-state index contributed by atoms with van der Waals surface area (Å²) in [7, 11) is 0. The Bertz CT molecular complexity index is 441. The first-order valence-electron chi connectivity index (χ1n) is 7.40. The zero-order valence-electron chi connectivity index (χ0n) is 12.1. The number of amides is 1. The summed E-state index contributed by atoms with van der Waals surface area (Å²) >= 11 is 0. The average Bonchev–Trinajstić information content (AvgIpc) is 2.49. The van der Waals surface area contributed by atoms with E-state index >= 15 is 0 Å². The zero-order chi connectivity index (χ0) is 14.4. The lowest BCUT2D eigenvalue weighted by Gasteiger charge is -2.26. The Morgan fingerprint density at radius 1 is 1.40 bits per heavy atom. The molecule has 0 aliphatic heterocycles. The van der Waals surface area contributed by atoms with Crippen LogP contribution in [0.2, 0.25) is 0 Å². The first kappa shape index (κ1) is 14.8. The third kappa shape index (κ3) is 4.20. The largest absolute Gasteiger partial charge is 0.351 e. The van der Waals surface area contributed by atoms with E-state index in [0.717, 1.165) is 24.8 Å². The van der Waals surface area contributed by atoms with Crippen molar-refractivity contribution in [3.63, 3.8) is 0 Å². The molecule has 2 rings (SSSR count). The van der Waals surface area contributed by atoms with Crippen LogP contribution >= 0.6 is 0 Å². The molecule has 0 radical (unpaired) electrons. The number of rotatable bonds is 5. The molecule has 1 aliphatic rings. The van der Waals surface area contributed by atoms with Crippen molar-refractivity contribution in [2.24, 2.45) is 17.7 Å². The maximum absolute atomic E-state index is 12.0. The molecule has 0 atom stereocenters. The lowest BCUT2D eigenvalue weighted by atomic mass is 9.81. The second-order valence-corrected chi connectivity index (χ2v) is 5.74. The summed E-state index contributed by atoms with van der Waals surface area (Å²) in [4.78, 5) is 16.0. The number of nitrogens with two attached hydrogens (primary N) is 1. The normalized spacial score (nSPS) is 22.3. The van der Waals surface area contributed by atoms with Gasteiger partial charge in [0, 0.05) is 12.7 Å². The summed E-state index contributed by atoms with van der Waals surface area (Å²) in [6.07, 6.45) is 7.87. The Balaban J connectivity index is 1.74. The quantitative estimate of drug-likeness (QED) is 0.569. The summed E-state index contributed by atoms with van der Waals surface area (Å²) in [6, 6.07) is 3.37. The van der Waals surface area contributed by atoms with Gasteiger partial charge in [0.05, 0.1) is 5.69 Å². The van der Waals surface area contributed by atoms with Gasteiger partial charge >= 0.3 is 0 Å². The molecule has 110 valence electrons. The van der Waals surface area contributed by atoms with Gasteiger partial charge in [0.25, 0.3) is 5.91 Å². The maximum Gasteiger partial charge on any atom is 0.269 e. The second-order valence-electron chi connectivity index (χ2n) is 5.74. The molecule has 4 N–H and O–H groups in total. The molecule has 1 saturated carbocycles. The number of aromatic nitrogens is 1. The molecule has 5 heteroatoms. The number of nitrogens with one attached hydrogen (secondary N) is 2. The molecule has 1 fully saturated rings. The number of hydrazine groups is 1. The SMILES string of the molecule is CC1CCC(CCNC(=O)c2cc(NN)ccn2)CC1. The summed E-state index contributed by atoms with van der Waals surface area (Å²) in [5.41, 5.74) is 3.60. The number of anilines is 1. The van der Waals surface area contributed by atoms with Gasteiger partial charge in [0.1, 0.15) is 5.69 Å². The van der Waals surface area contributed by atoms with Crippen molar-refractivity contribution in [2.45, 2.75) is 39.0 Å². The van der Waals surface area contributed by atoms with Crippen molar-refractivity contribution in [1.82, 2.24) is 10.3 Å². The summed E-state index contributed by atoms with van der Waals surface area (Å²) in [5, 5.41) is 2.94. The Hall–Kier alpha value is -1.62. The van der Waals surface area contributed by atoms with Crippen LogP contribution in [-0.4, -0.2) is 17.4 Å². The van der Waals surface area contributed by atoms with Crippen molar-refractivity contribution in [3.05, 3.63) is 24.0 Å². The molecule has 5 nitrogen and oxygen atoms in total. The lowest BCUT2D eigenvalue weighted by Crippen LogP contribution is -2.27. The van der Waals surface area contributed by atoms with Gasteiger partial charge in [-0.1, -0.05) is 32.6 Å². The smallest absolute Gasteiger partial charge is 0.269 e. The molecule has 1 aromatic heterocycles. The number of carbonyl (C=O) groups excluding carboxylic acids is 1. The first-order valence-corrected chi connectivity index (χ1v) is 7.40. The monoisotopic (exact) mass is 276 g/mol. The van der Waals surface area contributed by atoms with E-state index in [1.807, 2.05) is 0 Å². The van der Waals surface area contributed by atoms with Crippen molar-refractivity contribution in [3.8, 4) is 0 Å². The predicted molar refractivity (Wildman–Crippen MR) is 80.1 cm³/mol. The van der Waals surface area contributed by atoms with E-state index < -0.39 is 0 Å². The van der Waals surface area contributed by atoms with E-state index in [0.29, 0.717) is 11.4 Å². The Morgan fingerprint density at radius 3 is 2.85 bits per heavy atom. The lowest BCUT2D eigenvalue weighted by molar-refractivity contribution is 0.0945.